The third-order valence-electron chi connectivity index (χ3n) is 1.95. The average Bonchev–Trinajstić information content (AvgIpc) is 2.11. The van der Waals surface area contributed by atoms with Gasteiger partial charge in [-0.2, -0.15) is 8.42 Å². The van der Waals surface area contributed by atoms with Gasteiger partial charge < -0.3 is 4.74 Å². The highest BCUT2D eigenvalue weighted by Crippen LogP contribution is 2.14. The van der Waals surface area contributed by atoms with Gasteiger partial charge in [-0.3, -0.25) is 4.55 Å². The van der Waals surface area contributed by atoms with E-state index in [9.17, 15) is 13.2 Å². The van der Waals surface area contributed by atoms with Crippen LogP contribution in [0.1, 0.15) is 26.7 Å². The van der Waals surface area contributed by atoms with Crippen LogP contribution >= 0.6 is 0 Å². The van der Waals surface area contributed by atoms with Crippen LogP contribution in [0, 0.1) is 0 Å². The second-order valence-corrected chi connectivity index (χ2v) is 4.82. The normalized spacial score (nSPS) is 15.4. The Hall–Kier alpha value is -0.880. The number of rotatable bonds is 6. The molecule has 0 aliphatic carbocycles. The second kappa shape index (κ2) is 5.87. The fourth-order valence-electron chi connectivity index (χ4n) is 1.22. The van der Waals surface area contributed by atoms with E-state index in [1.807, 2.05) is 0 Å². The molecule has 0 fully saturated rings. The third kappa shape index (κ3) is 4.94. The number of hydrogen-bond donors (Lipinski definition) is 1. The van der Waals surface area contributed by atoms with E-state index in [1.165, 1.54) is 6.92 Å². The topological polar surface area (TPSA) is 80.7 Å². The van der Waals surface area contributed by atoms with Gasteiger partial charge in [-0.05, 0) is 13.3 Å². The van der Waals surface area contributed by atoms with Gasteiger partial charge >= 0.3 is 5.97 Å². The Labute approximate surface area is 89.9 Å². The predicted molar refractivity (Wildman–Crippen MR) is 56.0 cm³/mol. The molecule has 0 heterocycles. The summed E-state index contributed by atoms with van der Waals surface area (Å²) in [4.78, 5) is 10.8. The van der Waals surface area contributed by atoms with E-state index in [0.717, 1.165) is 6.08 Å². The van der Waals surface area contributed by atoms with Crippen LogP contribution < -0.4 is 0 Å². The molecule has 0 aliphatic heterocycles. The minimum atomic E-state index is -4.19. The lowest BCUT2D eigenvalue weighted by molar-refractivity contribution is -0.142. The quantitative estimate of drug-likeness (QED) is 0.425. The van der Waals surface area contributed by atoms with Crippen molar-refractivity contribution in [2.75, 3.05) is 0 Å². The summed E-state index contributed by atoms with van der Waals surface area (Å²) in [6.45, 7) is 6.40. The van der Waals surface area contributed by atoms with Gasteiger partial charge in [0.15, 0.2) is 0 Å². The molecule has 6 heteroatoms. The average molecular weight is 236 g/mol. The van der Waals surface area contributed by atoms with Crippen LogP contribution in [0.15, 0.2) is 12.7 Å². The second-order valence-electron chi connectivity index (χ2n) is 3.19. The molecule has 2 unspecified atom stereocenters. The largest absolute Gasteiger partial charge is 0.458 e. The van der Waals surface area contributed by atoms with Crippen molar-refractivity contribution in [1.82, 2.24) is 0 Å². The lowest BCUT2D eigenvalue weighted by Crippen LogP contribution is -2.34. The Morgan fingerprint density at radius 1 is 1.60 bits per heavy atom. The number of carbonyl (C=O) groups is 1. The van der Waals surface area contributed by atoms with Gasteiger partial charge in [-0.15, -0.1) is 0 Å². The maximum Gasteiger partial charge on any atom is 0.330 e. The number of hydrogen-bond acceptors (Lipinski definition) is 4. The monoisotopic (exact) mass is 236 g/mol. The highest BCUT2D eigenvalue weighted by molar-refractivity contribution is 7.86. The highest BCUT2D eigenvalue weighted by atomic mass is 32.2. The number of ether oxygens (including phenoxy) is 1. The van der Waals surface area contributed by atoms with Crippen LogP contribution in [0.25, 0.3) is 0 Å². The fraction of sp³-hybridized carbons (Fsp3) is 0.667. The molecule has 0 bridgehead atoms. The Bertz CT molecular complexity index is 319. The van der Waals surface area contributed by atoms with E-state index in [0.29, 0.717) is 6.42 Å². The summed E-state index contributed by atoms with van der Waals surface area (Å²) in [5.74, 6) is -0.702. The zero-order valence-corrected chi connectivity index (χ0v) is 9.66. The van der Waals surface area contributed by atoms with E-state index in [2.05, 4.69) is 6.58 Å². The molecule has 2 atom stereocenters. The van der Waals surface area contributed by atoms with Crippen molar-refractivity contribution in [2.45, 2.75) is 38.0 Å². The van der Waals surface area contributed by atoms with Crippen LogP contribution in [-0.2, 0) is 19.6 Å². The van der Waals surface area contributed by atoms with E-state index in [4.69, 9.17) is 9.29 Å². The molecule has 15 heavy (non-hydrogen) atoms. The molecular weight excluding hydrogens is 220 g/mol. The van der Waals surface area contributed by atoms with E-state index >= 15 is 0 Å². The molecule has 0 saturated heterocycles. The molecule has 0 aromatic heterocycles. The first-order valence-electron chi connectivity index (χ1n) is 4.62. The Morgan fingerprint density at radius 3 is 2.47 bits per heavy atom. The first kappa shape index (κ1) is 14.1. The molecule has 0 rings (SSSR count). The predicted octanol–water partition coefficient (Wildman–Crippen LogP) is 1.16. The molecule has 0 radical (unpaired) electrons. The van der Waals surface area contributed by atoms with Crippen molar-refractivity contribution < 1.29 is 22.5 Å². The highest BCUT2D eigenvalue weighted by Gasteiger charge is 2.30. The van der Waals surface area contributed by atoms with Gasteiger partial charge in [0.1, 0.15) is 11.4 Å². The van der Waals surface area contributed by atoms with Gasteiger partial charge in [-0.25, -0.2) is 4.79 Å². The summed E-state index contributed by atoms with van der Waals surface area (Å²) in [5, 5.41) is -1.08. The van der Waals surface area contributed by atoms with Crippen molar-refractivity contribution >= 4 is 16.1 Å². The van der Waals surface area contributed by atoms with Crippen LogP contribution in [0.5, 0.6) is 0 Å². The summed E-state index contributed by atoms with van der Waals surface area (Å²) >= 11 is 0. The van der Waals surface area contributed by atoms with Gasteiger partial charge in [0.05, 0.1) is 0 Å². The van der Waals surface area contributed by atoms with Crippen LogP contribution in [-0.4, -0.2) is 30.3 Å². The lowest BCUT2D eigenvalue weighted by atomic mass is 10.2. The van der Waals surface area contributed by atoms with Crippen molar-refractivity contribution in [1.29, 1.82) is 0 Å². The molecule has 0 aliphatic rings. The molecule has 0 aromatic carbocycles. The van der Waals surface area contributed by atoms with Crippen LogP contribution in [0.2, 0.25) is 0 Å². The molecule has 5 nitrogen and oxygen atoms in total. The zero-order valence-electron chi connectivity index (χ0n) is 8.84. The van der Waals surface area contributed by atoms with Gasteiger partial charge in [0.25, 0.3) is 10.1 Å². The fourth-order valence-corrected chi connectivity index (χ4v) is 2.29. The van der Waals surface area contributed by atoms with E-state index in [-0.39, 0.29) is 6.42 Å². The Morgan fingerprint density at radius 2 is 2.13 bits per heavy atom. The Kier molecular flexibility index (Phi) is 5.53. The SMILES string of the molecule is C=CC(=O)OC(C)C(CCC)S(=O)(=O)O. The molecule has 88 valence electrons. The van der Waals surface area contributed by atoms with Gasteiger partial charge in [-0.1, -0.05) is 19.9 Å². The smallest absolute Gasteiger partial charge is 0.330 e. The molecule has 0 aromatic rings. The minimum Gasteiger partial charge on any atom is -0.458 e. The van der Waals surface area contributed by atoms with Crippen molar-refractivity contribution in [3.63, 3.8) is 0 Å². The van der Waals surface area contributed by atoms with E-state index in [1.54, 1.807) is 6.92 Å². The third-order valence-corrected chi connectivity index (χ3v) is 3.33. The lowest BCUT2D eigenvalue weighted by Gasteiger charge is -2.20. The summed E-state index contributed by atoms with van der Waals surface area (Å²) in [6.07, 6.45) is 0.874. The van der Waals surface area contributed by atoms with Crippen molar-refractivity contribution in [3.05, 3.63) is 12.7 Å². The minimum absolute atomic E-state index is 0.240. The summed E-state index contributed by atoms with van der Waals surface area (Å²) in [5.41, 5.74) is 0. The van der Waals surface area contributed by atoms with Gasteiger partial charge in [0, 0.05) is 6.08 Å². The summed E-state index contributed by atoms with van der Waals surface area (Å²) in [6, 6.07) is 0. The van der Waals surface area contributed by atoms with Crippen molar-refractivity contribution in [3.8, 4) is 0 Å². The van der Waals surface area contributed by atoms with Gasteiger partial charge in [0.2, 0.25) is 0 Å². The molecule has 0 spiro atoms. The van der Waals surface area contributed by atoms with Crippen molar-refractivity contribution in [2.24, 2.45) is 0 Å². The van der Waals surface area contributed by atoms with E-state index < -0.39 is 27.4 Å². The maximum absolute atomic E-state index is 11.0. The zero-order chi connectivity index (χ0) is 12.1. The molecular formula is C9H16O5S. The first-order chi connectivity index (χ1) is 6.82. The molecule has 0 amide bonds. The maximum atomic E-state index is 11.0. The first-order valence-corrected chi connectivity index (χ1v) is 6.12. The van der Waals surface area contributed by atoms with Crippen LogP contribution in [0.4, 0.5) is 0 Å². The number of carbonyl (C=O) groups excluding carboxylic acids is 1. The molecule has 0 saturated carbocycles. The van der Waals surface area contributed by atoms with Crippen LogP contribution in [0.3, 0.4) is 0 Å². The summed E-state index contributed by atoms with van der Waals surface area (Å²) in [7, 11) is -4.19. The Balaban J connectivity index is 4.63. The molecule has 1 N–H and O–H groups in total. The summed E-state index contributed by atoms with van der Waals surface area (Å²) < 4.78 is 35.6. The number of esters is 1. The standard InChI is InChI=1S/C9H16O5S/c1-4-6-8(15(11,12)13)7(3)14-9(10)5-2/h5,7-8H,2,4,6H2,1,3H3,(H,11,12,13).